The summed E-state index contributed by atoms with van der Waals surface area (Å²) in [5.41, 5.74) is 2.07. The molecule has 5 nitrogen and oxygen atoms in total. The number of benzene rings is 3. The number of thioether (sulfide) groups is 1. The zero-order valence-corrected chi connectivity index (χ0v) is 16.9. The Hall–Kier alpha value is -3.45. The van der Waals surface area contributed by atoms with Crippen LogP contribution in [0, 0.1) is 5.82 Å². The molecule has 0 bridgehead atoms. The van der Waals surface area contributed by atoms with Crippen LogP contribution in [0.4, 0.5) is 10.1 Å². The third-order valence-electron chi connectivity index (χ3n) is 4.38. The minimum Gasteiger partial charge on any atom is -0.495 e. The Labute approximate surface area is 177 Å². The maximum absolute atomic E-state index is 13.9. The van der Waals surface area contributed by atoms with Crippen molar-refractivity contribution >= 4 is 34.3 Å². The molecule has 0 aliphatic heterocycles. The van der Waals surface area contributed by atoms with Crippen molar-refractivity contribution in [1.82, 2.24) is 9.97 Å². The first kappa shape index (κ1) is 19.8. The largest absolute Gasteiger partial charge is 0.495 e. The number of hydrogen-bond acceptors (Lipinski definition) is 5. The van der Waals surface area contributed by atoms with Crippen molar-refractivity contribution < 1.29 is 13.9 Å². The summed E-state index contributed by atoms with van der Waals surface area (Å²) in [6, 6.07) is 21.1. The highest BCUT2D eigenvalue weighted by atomic mass is 32.2. The van der Waals surface area contributed by atoms with Gasteiger partial charge >= 0.3 is 0 Å². The molecular weight excluding hydrogens is 401 g/mol. The molecule has 1 aromatic heterocycles. The van der Waals surface area contributed by atoms with E-state index in [1.54, 1.807) is 25.3 Å². The van der Waals surface area contributed by atoms with E-state index in [0.29, 0.717) is 33.2 Å². The van der Waals surface area contributed by atoms with Crippen LogP contribution in [-0.2, 0) is 4.79 Å². The summed E-state index contributed by atoms with van der Waals surface area (Å²) in [5, 5.41) is 3.96. The number of ether oxygens (including phenoxy) is 1. The van der Waals surface area contributed by atoms with Crippen molar-refractivity contribution in [3.8, 4) is 17.1 Å². The molecule has 7 heteroatoms. The second-order valence-corrected chi connectivity index (χ2v) is 7.38. The third kappa shape index (κ3) is 4.41. The van der Waals surface area contributed by atoms with Crippen LogP contribution in [0.5, 0.6) is 5.75 Å². The first-order chi connectivity index (χ1) is 14.6. The summed E-state index contributed by atoms with van der Waals surface area (Å²) in [6.45, 7) is 0. The van der Waals surface area contributed by atoms with Crippen LogP contribution < -0.4 is 10.1 Å². The van der Waals surface area contributed by atoms with Gasteiger partial charge in [-0.15, -0.1) is 0 Å². The van der Waals surface area contributed by atoms with Crippen molar-refractivity contribution in [3.63, 3.8) is 0 Å². The van der Waals surface area contributed by atoms with Gasteiger partial charge in [0.1, 0.15) is 16.6 Å². The molecule has 0 aliphatic carbocycles. The van der Waals surface area contributed by atoms with Gasteiger partial charge in [-0.25, -0.2) is 14.4 Å². The molecule has 0 saturated carbocycles. The molecule has 4 rings (SSSR count). The number of hydrogen-bond donors (Lipinski definition) is 1. The molecule has 1 N–H and O–H groups in total. The monoisotopic (exact) mass is 419 g/mol. The Kier molecular flexibility index (Phi) is 5.90. The Balaban J connectivity index is 1.61. The van der Waals surface area contributed by atoms with Crippen LogP contribution in [0.15, 0.2) is 77.8 Å². The number of nitrogens with one attached hydrogen (secondary N) is 1. The molecule has 1 amide bonds. The highest BCUT2D eigenvalue weighted by Gasteiger charge is 2.14. The highest BCUT2D eigenvalue weighted by molar-refractivity contribution is 8.00. The molecule has 150 valence electrons. The lowest BCUT2D eigenvalue weighted by atomic mass is 10.2. The van der Waals surface area contributed by atoms with Gasteiger partial charge in [0.2, 0.25) is 5.91 Å². The Bertz CT molecular complexity index is 1200. The number of nitrogens with zero attached hydrogens (tertiary/aromatic N) is 2. The number of aromatic nitrogens is 2. The van der Waals surface area contributed by atoms with Gasteiger partial charge in [0.15, 0.2) is 5.82 Å². The summed E-state index contributed by atoms with van der Waals surface area (Å²) < 4.78 is 19.1. The van der Waals surface area contributed by atoms with E-state index < -0.39 is 0 Å². The van der Waals surface area contributed by atoms with Gasteiger partial charge in [-0.1, -0.05) is 54.2 Å². The quantitative estimate of drug-likeness (QED) is 0.345. The predicted octanol–water partition coefficient (Wildman–Crippen LogP) is 5.18. The number of carbonyl (C=O) groups is 1. The molecule has 0 saturated heterocycles. The number of fused-ring (bicyclic) bond motifs is 1. The lowest BCUT2D eigenvalue weighted by molar-refractivity contribution is -0.113. The van der Waals surface area contributed by atoms with Crippen LogP contribution in [0.25, 0.3) is 22.3 Å². The Morgan fingerprint density at radius 3 is 2.60 bits per heavy atom. The van der Waals surface area contributed by atoms with Crippen LogP contribution in [0.2, 0.25) is 0 Å². The van der Waals surface area contributed by atoms with Gasteiger partial charge in [-0.2, -0.15) is 0 Å². The topological polar surface area (TPSA) is 64.1 Å². The van der Waals surface area contributed by atoms with E-state index in [2.05, 4.69) is 15.3 Å². The number of rotatable bonds is 6. The second kappa shape index (κ2) is 8.92. The lowest BCUT2D eigenvalue weighted by Crippen LogP contribution is -2.14. The van der Waals surface area contributed by atoms with Gasteiger partial charge in [-0.05, 0) is 30.3 Å². The zero-order chi connectivity index (χ0) is 20.9. The van der Waals surface area contributed by atoms with Gasteiger partial charge in [-0.3, -0.25) is 4.79 Å². The minimum atomic E-state index is -0.376. The number of carbonyl (C=O) groups excluding carboxylic acids is 1. The molecule has 0 aliphatic rings. The average Bonchev–Trinajstić information content (AvgIpc) is 2.78. The average molecular weight is 419 g/mol. The van der Waals surface area contributed by atoms with E-state index in [0.717, 1.165) is 5.56 Å². The van der Waals surface area contributed by atoms with E-state index in [9.17, 15) is 9.18 Å². The number of halogens is 1. The van der Waals surface area contributed by atoms with Crippen LogP contribution >= 0.6 is 11.8 Å². The Morgan fingerprint density at radius 1 is 1.03 bits per heavy atom. The molecule has 0 unspecified atom stereocenters. The lowest BCUT2D eigenvalue weighted by Gasteiger charge is -2.11. The van der Waals surface area contributed by atoms with Gasteiger partial charge in [0.05, 0.1) is 24.1 Å². The molecule has 1 heterocycles. The predicted molar refractivity (Wildman–Crippen MR) is 117 cm³/mol. The van der Waals surface area contributed by atoms with Crippen LogP contribution in [0.1, 0.15) is 0 Å². The third-order valence-corrected chi connectivity index (χ3v) is 5.37. The molecule has 0 fully saturated rings. The summed E-state index contributed by atoms with van der Waals surface area (Å²) in [6.07, 6.45) is 0. The first-order valence-corrected chi connectivity index (χ1v) is 10.2. The second-order valence-electron chi connectivity index (χ2n) is 6.42. The molecule has 4 aromatic rings. The van der Waals surface area contributed by atoms with Crippen molar-refractivity contribution in [1.29, 1.82) is 0 Å². The number of methoxy groups -OCH3 is 1. The van der Waals surface area contributed by atoms with E-state index in [4.69, 9.17) is 4.74 Å². The normalized spacial score (nSPS) is 10.7. The van der Waals surface area contributed by atoms with Crippen molar-refractivity contribution in [3.05, 3.63) is 78.6 Å². The van der Waals surface area contributed by atoms with E-state index in [-0.39, 0.29) is 17.5 Å². The van der Waals surface area contributed by atoms with Gasteiger partial charge in [0.25, 0.3) is 0 Å². The Morgan fingerprint density at radius 2 is 1.80 bits per heavy atom. The van der Waals surface area contributed by atoms with Crippen LogP contribution in [0.3, 0.4) is 0 Å². The first-order valence-electron chi connectivity index (χ1n) is 9.22. The molecule has 30 heavy (non-hydrogen) atoms. The molecule has 0 radical (unpaired) electrons. The standard InChI is InChI=1S/C23H18FN3O2S/c1-29-20-10-6-5-9-19(20)25-21(28)14-30-23-17-13-16(24)11-12-18(17)26-22(27-23)15-7-3-2-4-8-15/h2-13H,14H2,1H3,(H,25,28). The molecule has 3 aromatic carbocycles. The number of amides is 1. The summed E-state index contributed by atoms with van der Waals surface area (Å²) >= 11 is 1.24. The van der Waals surface area contributed by atoms with E-state index in [1.165, 1.54) is 23.9 Å². The summed E-state index contributed by atoms with van der Waals surface area (Å²) in [4.78, 5) is 21.7. The number of anilines is 1. The maximum Gasteiger partial charge on any atom is 0.234 e. The maximum atomic E-state index is 13.9. The van der Waals surface area contributed by atoms with Crippen molar-refractivity contribution in [2.75, 3.05) is 18.2 Å². The zero-order valence-electron chi connectivity index (χ0n) is 16.1. The van der Waals surface area contributed by atoms with Gasteiger partial charge < -0.3 is 10.1 Å². The van der Waals surface area contributed by atoms with E-state index >= 15 is 0 Å². The minimum absolute atomic E-state index is 0.106. The number of para-hydroxylation sites is 2. The molecule has 0 spiro atoms. The fourth-order valence-electron chi connectivity index (χ4n) is 2.97. The summed E-state index contributed by atoms with van der Waals surface area (Å²) in [7, 11) is 1.55. The van der Waals surface area contributed by atoms with E-state index in [1.807, 2.05) is 42.5 Å². The molecular formula is C23H18FN3O2S. The van der Waals surface area contributed by atoms with Crippen LogP contribution in [-0.4, -0.2) is 28.7 Å². The fraction of sp³-hybridized carbons (Fsp3) is 0.0870. The fourth-order valence-corrected chi connectivity index (χ4v) is 3.78. The SMILES string of the molecule is COc1ccccc1NC(=O)CSc1nc(-c2ccccc2)nc2ccc(F)cc12. The van der Waals surface area contributed by atoms with Crippen molar-refractivity contribution in [2.24, 2.45) is 0 Å². The summed E-state index contributed by atoms with van der Waals surface area (Å²) in [5.74, 6) is 0.626. The van der Waals surface area contributed by atoms with Crippen molar-refractivity contribution in [2.45, 2.75) is 5.03 Å². The van der Waals surface area contributed by atoms with Gasteiger partial charge in [0, 0.05) is 10.9 Å². The highest BCUT2D eigenvalue weighted by Crippen LogP contribution is 2.29. The molecule has 0 atom stereocenters. The smallest absolute Gasteiger partial charge is 0.234 e.